The van der Waals surface area contributed by atoms with E-state index in [1.54, 1.807) is 6.07 Å². The van der Waals surface area contributed by atoms with Crippen LogP contribution < -0.4 is 21.7 Å². The van der Waals surface area contributed by atoms with E-state index in [1.807, 2.05) is 0 Å². The first kappa shape index (κ1) is 19.5. The first-order valence-corrected chi connectivity index (χ1v) is 8.88. The van der Waals surface area contributed by atoms with Gasteiger partial charge >= 0.3 is 6.18 Å². The summed E-state index contributed by atoms with van der Waals surface area (Å²) in [4.78, 5) is 12.4. The van der Waals surface area contributed by atoms with Gasteiger partial charge < -0.3 is 26.4 Å². The van der Waals surface area contributed by atoms with Crippen LogP contribution >= 0.6 is 0 Å². The number of hydrogen-bond acceptors (Lipinski definition) is 5. The Bertz CT molecular complexity index is 715. The summed E-state index contributed by atoms with van der Waals surface area (Å²) < 4.78 is 44.1. The standard InChI is InChI=1S/C18H23F3N4O2/c19-18(20,21)12-4-1-3-11(7-12)8-15-24-16(14(9-22)17(26)25-15)23-13-5-2-6-27-10-13/h1,3-4,7,13,15,23-24H,2,5-6,8-10,22H2,(H,25,26). The molecule has 0 spiro atoms. The van der Waals surface area contributed by atoms with Gasteiger partial charge in [-0.05, 0) is 24.5 Å². The summed E-state index contributed by atoms with van der Waals surface area (Å²) in [5.41, 5.74) is 5.85. The zero-order valence-corrected chi connectivity index (χ0v) is 14.7. The molecule has 2 aliphatic rings. The van der Waals surface area contributed by atoms with E-state index in [0.29, 0.717) is 30.2 Å². The summed E-state index contributed by atoms with van der Waals surface area (Å²) in [6.07, 6.45) is -2.91. The van der Waals surface area contributed by atoms with Crippen LogP contribution in [0.3, 0.4) is 0 Å². The topological polar surface area (TPSA) is 88.4 Å². The Balaban J connectivity index is 1.72. The van der Waals surface area contributed by atoms with Crippen LogP contribution in [0.4, 0.5) is 13.2 Å². The van der Waals surface area contributed by atoms with E-state index in [1.165, 1.54) is 6.07 Å². The summed E-state index contributed by atoms with van der Waals surface area (Å²) in [6, 6.07) is 5.15. The molecular formula is C18H23F3N4O2. The maximum atomic E-state index is 12.9. The van der Waals surface area contributed by atoms with E-state index in [-0.39, 0.29) is 24.9 Å². The third-order valence-electron chi connectivity index (χ3n) is 4.61. The predicted molar refractivity (Wildman–Crippen MR) is 93.3 cm³/mol. The molecule has 2 aliphatic heterocycles. The number of carbonyl (C=O) groups is 1. The number of nitrogens with one attached hydrogen (secondary N) is 3. The molecule has 0 aliphatic carbocycles. The quantitative estimate of drug-likeness (QED) is 0.613. The second-order valence-corrected chi connectivity index (χ2v) is 6.69. The summed E-state index contributed by atoms with van der Waals surface area (Å²) in [7, 11) is 0. The molecule has 1 amide bonds. The Morgan fingerprint density at radius 3 is 2.78 bits per heavy atom. The first-order valence-electron chi connectivity index (χ1n) is 8.88. The van der Waals surface area contributed by atoms with Crippen LogP contribution in [-0.4, -0.2) is 37.9 Å². The molecule has 2 heterocycles. The lowest BCUT2D eigenvalue weighted by Gasteiger charge is -2.33. The van der Waals surface area contributed by atoms with Crippen molar-refractivity contribution in [2.24, 2.45) is 5.73 Å². The van der Waals surface area contributed by atoms with Gasteiger partial charge in [0.2, 0.25) is 0 Å². The maximum absolute atomic E-state index is 12.9. The molecule has 2 atom stereocenters. The molecule has 2 unspecified atom stereocenters. The Kier molecular flexibility index (Phi) is 5.91. The number of nitrogens with two attached hydrogens (primary N) is 1. The molecule has 1 aromatic rings. The molecule has 27 heavy (non-hydrogen) atoms. The van der Waals surface area contributed by atoms with Gasteiger partial charge in [-0.15, -0.1) is 0 Å². The van der Waals surface area contributed by atoms with Gasteiger partial charge in [0.15, 0.2) is 0 Å². The Labute approximate surface area is 155 Å². The number of carbonyl (C=O) groups excluding carboxylic acids is 1. The number of hydrogen-bond donors (Lipinski definition) is 4. The molecule has 1 aromatic carbocycles. The molecule has 3 rings (SSSR count). The minimum absolute atomic E-state index is 0.0466. The van der Waals surface area contributed by atoms with Gasteiger partial charge in [0.25, 0.3) is 5.91 Å². The van der Waals surface area contributed by atoms with Gasteiger partial charge in [-0.25, -0.2) is 0 Å². The number of rotatable bonds is 5. The zero-order chi connectivity index (χ0) is 19.4. The summed E-state index contributed by atoms with van der Waals surface area (Å²) in [5.74, 6) is 0.196. The number of alkyl halides is 3. The fourth-order valence-electron chi connectivity index (χ4n) is 3.25. The van der Waals surface area contributed by atoms with Crippen molar-refractivity contribution in [3.8, 4) is 0 Å². The smallest absolute Gasteiger partial charge is 0.379 e. The van der Waals surface area contributed by atoms with E-state index in [0.717, 1.165) is 25.0 Å². The van der Waals surface area contributed by atoms with Crippen molar-refractivity contribution in [2.75, 3.05) is 19.8 Å². The van der Waals surface area contributed by atoms with Crippen molar-refractivity contribution in [1.82, 2.24) is 16.0 Å². The first-order chi connectivity index (χ1) is 12.9. The van der Waals surface area contributed by atoms with E-state index < -0.39 is 17.9 Å². The highest BCUT2D eigenvalue weighted by molar-refractivity contribution is 5.95. The van der Waals surface area contributed by atoms with Crippen LogP contribution in [0.25, 0.3) is 0 Å². The Morgan fingerprint density at radius 2 is 2.11 bits per heavy atom. The number of benzene rings is 1. The molecule has 0 bridgehead atoms. The highest BCUT2D eigenvalue weighted by Crippen LogP contribution is 2.29. The lowest BCUT2D eigenvalue weighted by Crippen LogP contribution is -2.56. The monoisotopic (exact) mass is 384 g/mol. The van der Waals surface area contributed by atoms with Crippen LogP contribution in [0, 0.1) is 0 Å². The maximum Gasteiger partial charge on any atom is 0.416 e. The lowest BCUT2D eigenvalue weighted by atomic mass is 10.0. The van der Waals surface area contributed by atoms with Crippen molar-refractivity contribution in [2.45, 2.75) is 37.6 Å². The zero-order valence-electron chi connectivity index (χ0n) is 14.7. The molecule has 1 saturated heterocycles. The van der Waals surface area contributed by atoms with Crippen LogP contribution in [0.5, 0.6) is 0 Å². The van der Waals surface area contributed by atoms with Gasteiger partial charge in [-0.3, -0.25) is 4.79 Å². The van der Waals surface area contributed by atoms with Gasteiger partial charge in [0.1, 0.15) is 12.0 Å². The minimum Gasteiger partial charge on any atom is -0.379 e. The highest BCUT2D eigenvalue weighted by atomic mass is 19.4. The molecule has 6 nitrogen and oxygen atoms in total. The second kappa shape index (κ2) is 8.18. The molecule has 5 N–H and O–H groups in total. The number of amides is 1. The summed E-state index contributed by atoms with van der Waals surface area (Å²) in [5, 5.41) is 9.17. The normalized spacial score (nSPS) is 23.6. The third-order valence-corrected chi connectivity index (χ3v) is 4.61. The van der Waals surface area contributed by atoms with Crippen molar-refractivity contribution in [3.63, 3.8) is 0 Å². The number of halogens is 3. The Morgan fingerprint density at radius 1 is 1.30 bits per heavy atom. The lowest BCUT2D eigenvalue weighted by molar-refractivity contribution is -0.137. The van der Waals surface area contributed by atoms with Crippen molar-refractivity contribution >= 4 is 5.91 Å². The van der Waals surface area contributed by atoms with Crippen molar-refractivity contribution in [3.05, 3.63) is 46.8 Å². The molecule has 9 heteroatoms. The fraction of sp³-hybridized carbons (Fsp3) is 0.500. The average Bonchev–Trinajstić information content (AvgIpc) is 2.62. The van der Waals surface area contributed by atoms with Crippen molar-refractivity contribution in [1.29, 1.82) is 0 Å². The highest BCUT2D eigenvalue weighted by Gasteiger charge is 2.31. The summed E-state index contributed by atoms with van der Waals surface area (Å²) in [6.45, 7) is 1.29. The second-order valence-electron chi connectivity index (χ2n) is 6.69. The average molecular weight is 384 g/mol. The van der Waals surface area contributed by atoms with E-state index in [2.05, 4.69) is 16.0 Å². The largest absolute Gasteiger partial charge is 0.416 e. The molecule has 148 valence electrons. The SMILES string of the molecule is NCC1=C(NC2CCCOC2)NC(Cc2cccc(C(F)(F)F)c2)NC1=O. The van der Waals surface area contributed by atoms with Crippen LogP contribution in [0.15, 0.2) is 35.7 Å². The van der Waals surface area contributed by atoms with Gasteiger partial charge in [-0.2, -0.15) is 13.2 Å². The van der Waals surface area contributed by atoms with Gasteiger partial charge in [-0.1, -0.05) is 18.2 Å². The summed E-state index contributed by atoms with van der Waals surface area (Å²) >= 11 is 0. The van der Waals surface area contributed by atoms with E-state index >= 15 is 0 Å². The van der Waals surface area contributed by atoms with Gasteiger partial charge in [0, 0.05) is 19.6 Å². The van der Waals surface area contributed by atoms with Crippen LogP contribution in [-0.2, 0) is 22.1 Å². The Hall–Kier alpha value is -2.26. The number of ether oxygens (including phenoxy) is 1. The van der Waals surface area contributed by atoms with E-state index in [4.69, 9.17) is 10.5 Å². The molecule has 0 aromatic heterocycles. The molecule has 0 saturated carbocycles. The predicted octanol–water partition coefficient (Wildman–Crippen LogP) is 1.23. The molecular weight excluding hydrogens is 361 g/mol. The van der Waals surface area contributed by atoms with Crippen LogP contribution in [0.1, 0.15) is 24.0 Å². The molecule has 1 fully saturated rings. The fourth-order valence-corrected chi connectivity index (χ4v) is 3.25. The third kappa shape index (κ3) is 4.92. The molecule has 0 radical (unpaired) electrons. The van der Waals surface area contributed by atoms with Crippen LogP contribution in [0.2, 0.25) is 0 Å². The van der Waals surface area contributed by atoms with Gasteiger partial charge in [0.05, 0.1) is 23.8 Å². The van der Waals surface area contributed by atoms with E-state index in [9.17, 15) is 18.0 Å². The minimum atomic E-state index is -4.40. The van der Waals surface area contributed by atoms with Crippen molar-refractivity contribution < 1.29 is 22.7 Å².